The van der Waals surface area contributed by atoms with Gasteiger partial charge in [0.25, 0.3) is 0 Å². The highest BCUT2D eigenvalue weighted by Crippen LogP contribution is 2.19. The minimum Gasteiger partial charge on any atom is -0.330 e. The SMILES string of the molecule is NCCCc1cccc(-c2ccncc2)c1. The van der Waals surface area contributed by atoms with Crippen molar-refractivity contribution in [2.45, 2.75) is 12.8 Å². The molecule has 1 aromatic carbocycles. The normalized spacial score (nSPS) is 10.3. The average Bonchev–Trinajstić information content (AvgIpc) is 2.38. The number of nitrogens with two attached hydrogens (primary N) is 1. The Hall–Kier alpha value is -1.67. The first kappa shape index (κ1) is 10.8. The van der Waals surface area contributed by atoms with E-state index in [2.05, 4.69) is 29.2 Å². The van der Waals surface area contributed by atoms with Crippen LogP contribution in [0.25, 0.3) is 11.1 Å². The maximum Gasteiger partial charge on any atom is 0.0273 e. The lowest BCUT2D eigenvalue weighted by Crippen LogP contribution is -2.00. The smallest absolute Gasteiger partial charge is 0.0273 e. The molecule has 0 fully saturated rings. The largest absolute Gasteiger partial charge is 0.330 e. The zero-order valence-corrected chi connectivity index (χ0v) is 9.26. The van der Waals surface area contributed by atoms with E-state index in [1.165, 1.54) is 16.7 Å². The van der Waals surface area contributed by atoms with Gasteiger partial charge >= 0.3 is 0 Å². The number of hydrogen-bond acceptors (Lipinski definition) is 2. The van der Waals surface area contributed by atoms with Crippen molar-refractivity contribution in [2.24, 2.45) is 5.73 Å². The molecule has 2 rings (SSSR count). The van der Waals surface area contributed by atoms with Gasteiger partial charge in [-0.05, 0) is 48.2 Å². The molecular weight excluding hydrogens is 196 g/mol. The molecule has 0 radical (unpaired) electrons. The van der Waals surface area contributed by atoms with Crippen LogP contribution in [0.15, 0.2) is 48.8 Å². The molecule has 0 saturated heterocycles. The molecule has 2 N–H and O–H groups in total. The minimum atomic E-state index is 0.749. The van der Waals surface area contributed by atoms with Crippen molar-refractivity contribution in [3.05, 3.63) is 54.4 Å². The van der Waals surface area contributed by atoms with E-state index in [4.69, 9.17) is 5.73 Å². The molecule has 1 heterocycles. The molecule has 2 aromatic rings. The van der Waals surface area contributed by atoms with E-state index in [0.717, 1.165) is 19.4 Å². The lowest BCUT2D eigenvalue weighted by Gasteiger charge is -2.04. The molecule has 0 amide bonds. The molecule has 2 nitrogen and oxygen atoms in total. The number of hydrogen-bond donors (Lipinski definition) is 1. The van der Waals surface area contributed by atoms with E-state index in [9.17, 15) is 0 Å². The molecule has 0 unspecified atom stereocenters. The van der Waals surface area contributed by atoms with E-state index in [1.54, 1.807) is 0 Å². The van der Waals surface area contributed by atoms with Gasteiger partial charge in [0.2, 0.25) is 0 Å². The molecule has 82 valence electrons. The number of aromatic nitrogens is 1. The van der Waals surface area contributed by atoms with E-state index < -0.39 is 0 Å². The second-order valence-electron chi connectivity index (χ2n) is 3.83. The van der Waals surface area contributed by atoms with Gasteiger partial charge < -0.3 is 5.73 Å². The zero-order chi connectivity index (χ0) is 11.2. The van der Waals surface area contributed by atoms with Gasteiger partial charge in [-0.15, -0.1) is 0 Å². The van der Waals surface area contributed by atoms with Crippen molar-refractivity contribution in [1.29, 1.82) is 0 Å². The van der Waals surface area contributed by atoms with E-state index in [1.807, 2.05) is 24.5 Å². The molecule has 0 spiro atoms. The number of aryl methyl sites for hydroxylation is 1. The Labute approximate surface area is 96.1 Å². The highest BCUT2D eigenvalue weighted by atomic mass is 14.6. The number of nitrogens with zero attached hydrogens (tertiary/aromatic N) is 1. The molecule has 0 aliphatic rings. The molecule has 0 aliphatic carbocycles. The quantitative estimate of drug-likeness (QED) is 0.846. The molecule has 2 heteroatoms. The first-order chi connectivity index (χ1) is 7.90. The Morgan fingerprint density at radius 3 is 2.56 bits per heavy atom. The van der Waals surface area contributed by atoms with Gasteiger partial charge in [-0.1, -0.05) is 24.3 Å². The van der Waals surface area contributed by atoms with Crippen molar-refractivity contribution < 1.29 is 0 Å². The van der Waals surface area contributed by atoms with Gasteiger partial charge in [0.1, 0.15) is 0 Å². The Morgan fingerprint density at radius 1 is 1.00 bits per heavy atom. The highest BCUT2D eigenvalue weighted by molar-refractivity contribution is 5.63. The maximum absolute atomic E-state index is 5.52. The van der Waals surface area contributed by atoms with E-state index in [-0.39, 0.29) is 0 Å². The topological polar surface area (TPSA) is 38.9 Å². The summed E-state index contributed by atoms with van der Waals surface area (Å²) in [6.07, 6.45) is 5.74. The van der Waals surface area contributed by atoms with Crippen LogP contribution in [0.3, 0.4) is 0 Å². The van der Waals surface area contributed by atoms with Gasteiger partial charge in [-0.25, -0.2) is 0 Å². The van der Waals surface area contributed by atoms with Gasteiger partial charge in [-0.3, -0.25) is 4.98 Å². The van der Waals surface area contributed by atoms with E-state index in [0.29, 0.717) is 0 Å². The first-order valence-electron chi connectivity index (χ1n) is 5.59. The lowest BCUT2D eigenvalue weighted by atomic mass is 10.0. The molecular formula is C14H16N2. The summed E-state index contributed by atoms with van der Waals surface area (Å²) in [6.45, 7) is 0.749. The molecule has 16 heavy (non-hydrogen) atoms. The summed E-state index contributed by atoms with van der Waals surface area (Å²) < 4.78 is 0. The van der Waals surface area contributed by atoms with Crippen molar-refractivity contribution in [2.75, 3.05) is 6.54 Å². The van der Waals surface area contributed by atoms with Crippen LogP contribution in [0.5, 0.6) is 0 Å². The van der Waals surface area contributed by atoms with Crippen LogP contribution in [-0.4, -0.2) is 11.5 Å². The summed E-state index contributed by atoms with van der Waals surface area (Å²) in [5.41, 5.74) is 9.32. The van der Waals surface area contributed by atoms with Crippen LogP contribution in [0, 0.1) is 0 Å². The Balaban J connectivity index is 2.22. The second kappa shape index (κ2) is 5.42. The van der Waals surface area contributed by atoms with Gasteiger partial charge in [0.15, 0.2) is 0 Å². The third kappa shape index (κ3) is 2.67. The van der Waals surface area contributed by atoms with Crippen molar-refractivity contribution in [1.82, 2.24) is 4.98 Å². The number of benzene rings is 1. The number of pyridine rings is 1. The number of rotatable bonds is 4. The summed E-state index contributed by atoms with van der Waals surface area (Å²) in [6, 6.07) is 12.7. The highest BCUT2D eigenvalue weighted by Gasteiger charge is 1.98. The summed E-state index contributed by atoms with van der Waals surface area (Å²) in [4.78, 5) is 4.03. The van der Waals surface area contributed by atoms with Crippen molar-refractivity contribution in [3.63, 3.8) is 0 Å². The van der Waals surface area contributed by atoms with Crippen LogP contribution < -0.4 is 5.73 Å². The summed E-state index contributed by atoms with van der Waals surface area (Å²) in [5.74, 6) is 0. The maximum atomic E-state index is 5.52. The van der Waals surface area contributed by atoms with E-state index >= 15 is 0 Å². The fourth-order valence-corrected chi connectivity index (χ4v) is 1.76. The summed E-state index contributed by atoms with van der Waals surface area (Å²) in [5, 5.41) is 0. The fourth-order valence-electron chi connectivity index (χ4n) is 1.76. The molecule has 0 atom stereocenters. The van der Waals surface area contributed by atoms with Crippen LogP contribution >= 0.6 is 0 Å². The molecule has 0 aliphatic heterocycles. The second-order valence-corrected chi connectivity index (χ2v) is 3.83. The molecule has 1 aromatic heterocycles. The Morgan fingerprint density at radius 2 is 1.81 bits per heavy atom. The Bertz CT molecular complexity index is 437. The predicted octanol–water partition coefficient (Wildman–Crippen LogP) is 2.64. The van der Waals surface area contributed by atoms with Crippen molar-refractivity contribution in [3.8, 4) is 11.1 Å². The van der Waals surface area contributed by atoms with Gasteiger partial charge in [0, 0.05) is 12.4 Å². The van der Waals surface area contributed by atoms with Crippen LogP contribution in [0.2, 0.25) is 0 Å². The van der Waals surface area contributed by atoms with Crippen LogP contribution in [0.4, 0.5) is 0 Å². The Kier molecular flexibility index (Phi) is 3.67. The fraction of sp³-hybridized carbons (Fsp3) is 0.214. The zero-order valence-electron chi connectivity index (χ0n) is 9.26. The average molecular weight is 212 g/mol. The van der Waals surface area contributed by atoms with Crippen LogP contribution in [0.1, 0.15) is 12.0 Å². The summed E-state index contributed by atoms with van der Waals surface area (Å²) >= 11 is 0. The lowest BCUT2D eigenvalue weighted by molar-refractivity contribution is 0.833. The summed E-state index contributed by atoms with van der Waals surface area (Å²) in [7, 11) is 0. The monoisotopic (exact) mass is 212 g/mol. The van der Waals surface area contributed by atoms with Crippen molar-refractivity contribution >= 4 is 0 Å². The standard InChI is InChI=1S/C14H16N2/c15-8-2-4-12-3-1-5-14(11-12)13-6-9-16-10-7-13/h1,3,5-7,9-11H,2,4,8,15H2. The predicted molar refractivity (Wildman–Crippen MR) is 67.0 cm³/mol. The van der Waals surface area contributed by atoms with Gasteiger partial charge in [-0.2, -0.15) is 0 Å². The molecule has 0 saturated carbocycles. The first-order valence-corrected chi connectivity index (χ1v) is 5.59. The minimum absolute atomic E-state index is 0.749. The molecule has 0 bridgehead atoms. The third-order valence-corrected chi connectivity index (χ3v) is 2.61. The third-order valence-electron chi connectivity index (χ3n) is 2.61. The van der Waals surface area contributed by atoms with Gasteiger partial charge in [0.05, 0.1) is 0 Å². The van der Waals surface area contributed by atoms with Crippen LogP contribution in [-0.2, 0) is 6.42 Å².